The molecule has 3 unspecified atom stereocenters. The van der Waals surface area contributed by atoms with Crippen LogP contribution >= 0.6 is 22.6 Å². The maximum atomic E-state index is 4.29. The van der Waals surface area contributed by atoms with Crippen molar-refractivity contribution in [3.63, 3.8) is 0 Å². The van der Waals surface area contributed by atoms with E-state index in [1.807, 2.05) is 6.20 Å². The molecule has 1 N–H and O–H groups in total. The standard InChI is InChI=1S/C12H18IN3/c1-8-3-4-10(5-9(8)2)16-12-11(13)6-14-7-15-12/h6-10H,3-5H2,1-2H3,(H,14,15,16). The van der Waals surface area contributed by atoms with Crippen molar-refractivity contribution < 1.29 is 0 Å². The average Bonchev–Trinajstić information content (AvgIpc) is 2.27. The number of hydrogen-bond acceptors (Lipinski definition) is 3. The maximum Gasteiger partial charge on any atom is 0.143 e. The van der Waals surface area contributed by atoms with E-state index in [2.05, 4.69) is 51.7 Å². The van der Waals surface area contributed by atoms with Gasteiger partial charge in [0.2, 0.25) is 0 Å². The van der Waals surface area contributed by atoms with E-state index in [0.29, 0.717) is 6.04 Å². The number of nitrogens with one attached hydrogen (secondary N) is 1. The van der Waals surface area contributed by atoms with E-state index in [9.17, 15) is 0 Å². The van der Waals surface area contributed by atoms with E-state index in [1.54, 1.807) is 6.33 Å². The fraction of sp³-hybridized carbons (Fsp3) is 0.667. The van der Waals surface area contributed by atoms with Crippen LogP contribution in [0.5, 0.6) is 0 Å². The van der Waals surface area contributed by atoms with Crippen molar-refractivity contribution >= 4 is 28.4 Å². The molecule has 0 spiro atoms. The topological polar surface area (TPSA) is 37.8 Å². The summed E-state index contributed by atoms with van der Waals surface area (Å²) in [6.07, 6.45) is 7.29. The van der Waals surface area contributed by atoms with Crippen LogP contribution in [0.15, 0.2) is 12.5 Å². The van der Waals surface area contributed by atoms with Crippen molar-refractivity contribution in [2.45, 2.75) is 39.2 Å². The van der Waals surface area contributed by atoms with Crippen LogP contribution in [-0.2, 0) is 0 Å². The minimum Gasteiger partial charge on any atom is -0.366 e. The highest BCUT2D eigenvalue weighted by atomic mass is 127. The van der Waals surface area contributed by atoms with Crippen LogP contribution < -0.4 is 5.32 Å². The first kappa shape index (κ1) is 12.1. The highest BCUT2D eigenvalue weighted by Gasteiger charge is 2.24. The van der Waals surface area contributed by atoms with Crippen molar-refractivity contribution in [1.29, 1.82) is 0 Å². The Kier molecular flexibility index (Phi) is 4.00. The molecular formula is C12H18IN3. The number of halogens is 1. The summed E-state index contributed by atoms with van der Waals surface area (Å²) in [6.45, 7) is 4.71. The Labute approximate surface area is 111 Å². The summed E-state index contributed by atoms with van der Waals surface area (Å²) in [7, 11) is 0. The molecule has 1 aromatic heterocycles. The molecule has 88 valence electrons. The van der Waals surface area contributed by atoms with Crippen LogP contribution in [0.3, 0.4) is 0 Å². The van der Waals surface area contributed by atoms with Gasteiger partial charge in [-0.3, -0.25) is 0 Å². The minimum absolute atomic E-state index is 0.578. The number of nitrogens with zero attached hydrogens (tertiary/aromatic N) is 2. The number of rotatable bonds is 2. The molecule has 1 heterocycles. The first-order chi connectivity index (χ1) is 7.66. The normalized spacial score (nSPS) is 30.1. The lowest BCUT2D eigenvalue weighted by atomic mass is 9.79. The summed E-state index contributed by atoms with van der Waals surface area (Å²) in [6, 6.07) is 0.578. The van der Waals surface area contributed by atoms with Gasteiger partial charge in [-0.2, -0.15) is 0 Å². The molecule has 0 aromatic carbocycles. The third-order valence-corrected chi connectivity index (χ3v) is 4.40. The fourth-order valence-corrected chi connectivity index (χ4v) is 2.75. The monoisotopic (exact) mass is 331 g/mol. The van der Waals surface area contributed by atoms with Crippen molar-refractivity contribution in [3.8, 4) is 0 Å². The zero-order chi connectivity index (χ0) is 11.5. The summed E-state index contributed by atoms with van der Waals surface area (Å²) in [5.41, 5.74) is 0. The second-order valence-corrected chi connectivity index (χ2v) is 5.99. The van der Waals surface area contributed by atoms with Gasteiger partial charge >= 0.3 is 0 Å². The molecule has 0 saturated heterocycles. The maximum absolute atomic E-state index is 4.29. The second kappa shape index (κ2) is 5.29. The Bertz CT molecular complexity index is 356. The molecule has 2 rings (SSSR count). The van der Waals surface area contributed by atoms with Crippen molar-refractivity contribution in [1.82, 2.24) is 9.97 Å². The summed E-state index contributed by atoms with van der Waals surface area (Å²) >= 11 is 2.28. The molecule has 1 saturated carbocycles. The SMILES string of the molecule is CC1CCC(Nc2ncncc2I)CC1C. The summed E-state index contributed by atoms with van der Waals surface area (Å²) in [5.74, 6) is 2.66. The molecule has 0 radical (unpaired) electrons. The Balaban J connectivity index is 1.98. The summed E-state index contributed by atoms with van der Waals surface area (Å²) in [5, 5.41) is 3.54. The van der Waals surface area contributed by atoms with Gasteiger partial charge in [0.1, 0.15) is 12.1 Å². The van der Waals surface area contributed by atoms with Gasteiger partial charge in [0.05, 0.1) is 3.57 Å². The van der Waals surface area contributed by atoms with Crippen LogP contribution in [-0.4, -0.2) is 16.0 Å². The Morgan fingerprint density at radius 2 is 2.12 bits per heavy atom. The van der Waals surface area contributed by atoms with Gasteiger partial charge in [-0.1, -0.05) is 13.8 Å². The number of anilines is 1. The van der Waals surface area contributed by atoms with E-state index in [4.69, 9.17) is 0 Å². The molecule has 1 aliphatic carbocycles. The van der Waals surface area contributed by atoms with E-state index >= 15 is 0 Å². The van der Waals surface area contributed by atoms with Gasteiger partial charge < -0.3 is 5.32 Å². The highest BCUT2D eigenvalue weighted by Crippen LogP contribution is 2.31. The van der Waals surface area contributed by atoms with Crippen LogP contribution in [0, 0.1) is 15.4 Å². The van der Waals surface area contributed by atoms with E-state index in [0.717, 1.165) is 21.2 Å². The van der Waals surface area contributed by atoms with Crippen LogP contribution in [0.25, 0.3) is 0 Å². The molecule has 16 heavy (non-hydrogen) atoms. The first-order valence-corrected chi connectivity index (χ1v) is 6.96. The highest BCUT2D eigenvalue weighted by molar-refractivity contribution is 14.1. The molecular weight excluding hydrogens is 313 g/mol. The fourth-order valence-electron chi connectivity index (χ4n) is 2.29. The molecule has 1 aromatic rings. The molecule has 0 bridgehead atoms. The average molecular weight is 331 g/mol. The molecule has 1 fully saturated rings. The molecule has 3 atom stereocenters. The third kappa shape index (κ3) is 2.84. The lowest BCUT2D eigenvalue weighted by molar-refractivity contribution is 0.260. The van der Waals surface area contributed by atoms with Crippen molar-refractivity contribution in [3.05, 3.63) is 16.1 Å². The summed E-state index contributed by atoms with van der Waals surface area (Å²) in [4.78, 5) is 8.29. The van der Waals surface area contributed by atoms with E-state index in [1.165, 1.54) is 19.3 Å². The van der Waals surface area contributed by atoms with Gasteiger partial charge in [0.15, 0.2) is 0 Å². The van der Waals surface area contributed by atoms with E-state index in [-0.39, 0.29) is 0 Å². The zero-order valence-corrected chi connectivity index (χ0v) is 11.9. The quantitative estimate of drug-likeness (QED) is 0.845. The van der Waals surface area contributed by atoms with Gasteiger partial charge in [-0.25, -0.2) is 9.97 Å². The molecule has 0 amide bonds. The zero-order valence-electron chi connectivity index (χ0n) is 9.78. The van der Waals surface area contributed by atoms with Gasteiger partial charge in [0, 0.05) is 12.2 Å². The second-order valence-electron chi connectivity index (χ2n) is 4.83. The Morgan fingerprint density at radius 3 is 2.81 bits per heavy atom. The predicted molar refractivity (Wildman–Crippen MR) is 74.3 cm³/mol. The lowest BCUT2D eigenvalue weighted by Gasteiger charge is -2.32. The van der Waals surface area contributed by atoms with Crippen molar-refractivity contribution in [2.24, 2.45) is 11.8 Å². The Hall–Kier alpha value is -0.390. The van der Waals surface area contributed by atoms with Gasteiger partial charge in [-0.15, -0.1) is 0 Å². The molecule has 4 heteroatoms. The number of hydrogen-bond donors (Lipinski definition) is 1. The van der Waals surface area contributed by atoms with E-state index < -0.39 is 0 Å². The predicted octanol–water partition coefficient (Wildman–Crippen LogP) is 3.32. The van der Waals surface area contributed by atoms with Crippen molar-refractivity contribution in [2.75, 3.05) is 5.32 Å². The molecule has 3 nitrogen and oxygen atoms in total. The van der Waals surface area contributed by atoms with Gasteiger partial charge in [-0.05, 0) is 53.7 Å². The van der Waals surface area contributed by atoms with Crippen LogP contribution in [0.4, 0.5) is 5.82 Å². The summed E-state index contributed by atoms with van der Waals surface area (Å²) < 4.78 is 1.10. The third-order valence-electron chi connectivity index (χ3n) is 3.61. The largest absolute Gasteiger partial charge is 0.366 e. The van der Waals surface area contributed by atoms with Crippen LogP contribution in [0.1, 0.15) is 33.1 Å². The Morgan fingerprint density at radius 1 is 1.31 bits per heavy atom. The van der Waals surface area contributed by atoms with Crippen LogP contribution in [0.2, 0.25) is 0 Å². The van der Waals surface area contributed by atoms with Gasteiger partial charge in [0.25, 0.3) is 0 Å². The molecule has 0 aliphatic heterocycles. The minimum atomic E-state index is 0.578. The lowest BCUT2D eigenvalue weighted by Crippen LogP contribution is -2.30. The number of aromatic nitrogens is 2. The molecule has 1 aliphatic rings. The first-order valence-electron chi connectivity index (χ1n) is 5.89. The smallest absolute Gasteiger partial charge is 0.143 e.